The molecular formula is C19H22N2O2S. The Labute approximate surface area is 146 Å². The molecule has 0 aliphatic rings. The van der Waals surface area contributed by atoms with Crippen molar-refractivity contribution in [1.82, 2.24) is 10.6 Å². The second kappa shape index (κ2) is 9.03. The molecule has 0 saturated carbocycles. The molecule has 1 aromatic carbocycles. The highest BCUT2D eigenvalue weighted by atomic mass is 32.1. The van der Waals surface area contributed by atoms with Crippen LogP contribution in [0.2, 0.25) is 0 Å². The number of carbonyl (C=O) groups excluding carboxylic acids is 2. The molecule has 0 fully saturated rings. The van der Waals surface area contributed by atoms with E-state index in [4.69, 9.17) is 0 Å². The zero-order valence-corrected chi connectivity index (χ0v) is 14.8. The van der Waals surface area contributed by atoms with Gasteiger partial charge in [-0.25, -0.2) is 0 Å². The molecule has 2 N–H and O–H groups in total. The van der Waals surface area contributed by atoms with Crippen molar-refractivity contribution < 1.29 is 9.59 Å². The number of aryl methyl sites for hydroxylation is 1. The third-order valence-corrected chi connectivity index (χ3v) is 4.27. The molecule has 0 bridgehead atoms. The van der Waals surface area contributed by atoms with Crippen LogP contribution in [0.1, 0.15) is 40.6 Å². The van der Waals surface area contributed by atoms with Gasteiger partial charge in [0.05, 0.1) is 0 Å². The third kappa shape index (κ3) is 5.35. The number of benzene rings is 1. The number of unbranched alkanes of at least 4 members (excludes halogenated alkanes) is 1. The number of amides is 2. The van der Waals surface area contributed by atoms with Crippen LogP contribution in [-0.4, -0.2) is 18.4 Å². The largest absolute Gasteiger partial charge is 0.351 e. The molecule has 2 amide bonds. The lowest BCUT2D eigenvalue weighted by Gasteiger charge is -2.11. The highest BCUT2D eigenvalue weighted by Gasteiger charge is 2.14. The Morgan fingerprint density at radius 1 is 1.17 bits per heavy atom. The summed E-state index contributed by atoms with van der Waals surface area (Å²) in [6.07, 6.45) is 3.61. The van der Waals surface area contributed by atoms with E-state index in [1.807, 2.05) is 36.6 Å². The molecule has 2 rings (SSSR count). The van der Waals surface area contributed by atoms with Crippen molar-refractivity contribution in [3.05, 3.63) is 63.5 Å². The Balaban J connectivity index is 2.14. The number of carbonyl (C=O) groups is 2. The van der Waals surface area contributed by atoms with E-state index in [2.05, 4.69) is 17.6 Å². The number of thiophene rings is 1. The fraction of sp³-hybridized carbons (Fsp3) is 0.263. The smallest absolute Gasteiger partial charge is 0.267 e. The average Bonchev–Trinajstić information content (AvgIpc) is 3.08. The van der Waals surface area contributed by atoms with Gasteiger partial charge in [0.1, 0.15) is 5.70 Å². The fourth-order valence-electron chi connectivity index (χ4n) is 2.05. The lowest BCUT2D eigenvalue weighted by Crippen LogP contribution is -2.35. The maximum Gasteiger partial charge on any atom is 0.267 e. The highest BCUT2D eigenvalue weighted by molar-refractivity contribution is 7.10. The number of hydrogen-bond donors (Lipinski definition) is 2. The summed E-state index contributed by atoms with van der Waals surface area (Å²) in [6, 6.07) is 11.1. The number of nitrogens with one attached hydrogen (secondary N) is 2. The van der Waals surface area contributed by atoms with E-state index in [1.54, 1.807) is 18.2 Å². The maximum absolute atomic E-state index is 12.4. The van der Waals surface area contributed by atoms with E-state index in [-0.39, 0.29) is 17.5 Å². The highest BCUT2D eigenvalue weighted by Crippen LogP contribution is 2.13. The van der Waals surface area contributed by atoms with Crippen LogP contribution in [0.25, 0.3) is 6.08 Å². The molecule has 0 spiro atoms. The molecule has 0 aliphatic heterocycles. The van der Waals surface area contributed by atoms with E-state index in [0.717, 1.165) is 23.3 Å². The van der Waals surface area contributed by atoms with Gasteiger partial charge in [-0.05, 0) is 43.0 Å². The first kappa shape index (κ1) is 17.9. The lowest BCUT2D eigenvalue weighted by atomic mass is 10.1. The van der Waals surface area contributed by atoms with Crippen LogP contribution in [0.15, 0.2) is 47.5 Å². The second-order valence-corrected chi connectivity index (χ2v) is 6.48. The molecule has 0 saturated heterocycles. The molecule has 24 heavy (non-hydrogen) atoms. The van der Waals surface area contributed by atoms with Crippen LogP contribution in [0.5, 0.6) is 0 Å². The summed E-state index contributed by atoms with van der Waals surface area (Å²) in [6.45, 7) is 4.62. The normalized spacial score (nSPS) is 11.2. The third-order valence-electron chi connectivity index (χ3n) is 3.45. The van der Waals surface area contributed by atoms with Crippen LogP contribution >= 0.6 is 11.3 Å². The van der Waals surface area contributed by atoms with Gasteiger partial charge in [-0.15, -0.1) is 11.3 Å². The van der Waals surface area contributed by atoms with Crippen LogP contribution in [0, 0.1) is 6.92 Å². The van der Waals surface area contributed by atoms with Gasteiger partial charge in [-0.3, -0.25) is 9.59 Å². The molecular weight excluding hydrogens is 320 g/mol. The topological polar surface area (TPSA) is 58.2 Å². The molecule has 2 aromatic rings. The zero-order chi connectivity index (χ0) is 17.4. The SMILES string of the molecule is CCCCNC(=O)C(=Cc1cccs1)NC(=O)c1ccc(C)cc1. The Kier molecular flexibility index (Phi) is 6.75. The van der Waals surface area contributed by atoms with Crippen molar-refractivity contribution in [2.75, 3.05) is 6.54 Å². The summed E-state index contributed by atoms with van der Waals surface area (Å²) in [4.78, 5) is 25.7. The summed E-state index contributed by atoms with van der Waals surface area (Å²) < 4.78 is 0. The maximum atomic E-state index is 12.4. The molecule has 5 heteroatoms. The van der Waals surface area contributed by atoms with E-state index in [1.165, 1.54) is 11.3 Å². The van der Waals surface area contributed by atoms with E-state index in [0.29, 0.717) is 12.1 Å². The summed E-state index contributed by atoms with van der Waals surface area (Å²) in [5.41, 5.74) is 1.87. The molecule has 0 radical (unpaired) electrons. The Morgan fingerprint density at radius 3 is 2.54 bits per heavy atom. The molecule has 4 nitrogen and oxygen atoms in total. The monoisotopic (exact) mass is 342 g/mol. The molecule has 126 valence electrons. The summed E-state index contributed by atoms with van der Waals surface area (Å²) in [5.74, 6) is -0.555. The fourth-order valence-corrected chi connectivity index (χ4v) is 2.70. The zero-order valence-electron chi connectivity index (χ0n) is 14.0. The Bertz CT molecular complexity index is 703. The minimum atomic E-state index is -0.288. The minimum absolute atomic E-state index is 0.263. The first-order chi connectivity index (χ1) is 11.6. The van der Waals surface area contributed by atoms with E-state index < -0.39 is 0 Å². The van der Waals surface area contributed by atoms with Crippen LogP contribution in [-0.2, 0) is 4.79 Å². The van der Waals surface area contributed by atoms with Gasteiger partial charge in [0.25, 0.3) is 11.8 Å². The van der Waals surface area contributed by atoms with Crippen LogP contribution in [0.4, 0.5) is 0 Å². The predicted octanol–water partition coefficient (Wildman–Crippen LogP) is 3.74. The first-order valence-corrected chi connectivity index (χ1v) is 8.89. The van der Waals surface area contributed by atoms with Gasteiger partial charge in [-0.2, -0.15) is 0 Å². The summed E-state index contributed by atoms with van der Waals surface area (Å²) in [7, 11) is 0. The lowest BCUT2D eigenvalue weighted by molar-refractivity contribution is -0.117. The summed E-state index contributed by atoms with van der Waals surface area (Å²) >= 11 is 1.51. The second-order valence-electron chi connectivity index (χ2n) is 5.50. The number of hydrogen-bond acceptors (Lipinski definition) is 3. The van der Waals surface area contributed by atoms with Gasteiger partial charge in [0.15, 0.2) is 0 Å². The van der Waals surface area contributed by atoms with E-state index >= 15 is 0 Å². The molecule has 0 aliphatic carbocycles. The van der Waals surface area contributed by atoms with Crippen LogP contribution < -0.4 is 10.6 Å². The van der Waals surface area contributed by atoms with Crippen molar-refractivity contribution in [1.29, 1.82) is 0 Å². The molecule has 1 heterocycles. The van der Waals surface area contributed by atoms with Gasteiger partial charge >= 0.3 is 0 Å². The number of rotatable bonds is 7. The van der Waals surface area contributed by atoms with Crippen molar-refractivity contribution in [3.63, 3.8) is 0 Å². The van der Waals surface area contributed by atoms with Gasteiger partial charge in [0, 0.05) is 17.0 Å². The molecule has 0 atom stereocenters. The summed E-state index contributed by atoms with van der Waals surface area (Å²) in [5, 5.41) is 7.51. The molecule has 0 unspecified atom stereocenters. The van der Waals surface area contributed by atoms with Gasteiger partial charge in [0.2, 0.25) is 0 Å². The van der Waals surface area contributed by atoms with Gasteiger partial charge in [-0.1, -0.05) is 37.1 Å². The minimum Gasteiger partial charge on any atom is -0.351 e. The van der Waals surface area contributed by atoms with Crippen molar-refractivity contribution in [3.8, 4) is 0 Å². The van der Waals surface area contributed by atoms with Crippen LogP contribution in [0.3, 0.4) is 0 Å². The first-order valence-electron chi connectivity index (χ1n) is 8.01. The van der Waals surface area contributed by atoms with Crippen molar-refractivity contribution in [2.24, 2.45) is 0 Å². The van der Waals surface area contributed by atoms with Gasteiger partial charge < -0.3 is 10.6 Å². The van der Waals surface area contributed by atoms with Crippen molar-refractivity contribution in [2.45, 2.75) is 26.7 Å². The molecule has 1 aromatic heterocycles. The Morgan fingerprint density at radius 2 is 1.92 bits per heavy atom. The predicted molar refractivity (Wildman–Crippen MR) is 98.9 cm³/mol. The average molecular weight is 342 g/mol. The van der Waals surface area contributed by atoms with E-state index in [9.17, 15) is 9.59 Å². The Hall–Kier alpha value is -2.40. The standard InChI is InChI=1S/C19H22N2O2S/c1-3-4-11-20-19(23)17(13-16-6-5-12-24-16)21-18(22)15-9-7-14(2)8-10-15/h5-10,12-13H,3-4,11H2,1-2H3,(H,20,23)(H,21,22). The quantitative estimate of drug-likeness (QED) is 0.595. The van der Waals surface area contributed by atoms with Crippen molar-refractivity contribution >= 4 is 29.2 Å².